The number of piperidine rings is 1. The predicted octanol–water partition coefficient (Wildman–Crippen LogP) is 1.73. The Morgan fingerprint density at radius 2 is 1.86 bits per heavy atom. The average molecular weight is 318 g/mol. The molecule has 2 fully saturated rings. The fourth-order valence-electron chi connectivity index (χ4n) is 3.32. The highest BCUT2D eigenvalue weighted by molar-refractivity contribution is 7.87. The highest BCUT2D eigenvalue weighted by atomic mass is 32.2. The minimum absolute atomic E-state index is 0.0590. The zero-order valence-electron chi connectivity index (χ0n) is 12.6. The second kappa shape index (κ2) is 7.07. The molecule has 0 aromatic rings. The maximum atomic E-state index is 12.5. The van der Waals surface area contributed by atoms with Gasteiger partial charge in [0.25, 0.3) is 10.2 Å². The zero-order valence-corrected chi connectivity index (χ0v) is 13.4. The van der Waals surface area contributed by atoms with Crippen molar-refractivity contribution in [1.82, 2.24) is 9.03 Å². The average Bonchev–Trinajstić information content (AvgIpc) is 2.63. The van der Waals surface area contributed by atoms with Gasteiger partial charge >= 0.3 is 5.97 Å². The van der Waals surface area contributed by atoms with Gasteiger partial charge in [-0.2, -0.15) is 17.4 Å². The summed E-state index contributed by atoms with van der Waals surface area (Å²) in [6.07, 6.45) is 6.77. The van der Waals surface area contributed by atoms with Crippen LogP contribution >= 0.6 is 0 Å². The summed E-state index contributed by atoms with van der Waals surface area (Å²) < 4.78 is 28.9. The van der Waals surface area contributed by atoms with Gasteiger partial charge in [-0.25, -0.2) is 0 Å². The van der Waals surface area contributed by atoms with Crippen molar-refractivity contribution in [1.29, 1.82) is 0 Å². The molecule has 3 unspecified atom stereocenters. The van der Waals surface area contributed by atoms with Crippen LogP contribution in [0.4, 0.5) is 0 Å². The Hall–Kier alpha value is -0.660. The molecule has 3 atom stereocenters. The summed E-state index contributed by atoms with van der Waals surface area (Å²) in [6.45, 7) is 2.50. The molecule has 1 aliphatic carbocycles. The Kier molecular flexibility index (Phi) is 5.62. The molecule has 0 aromatic carbocycles. The second-order valence-electron chi connectivity index (χ2n) is 6.39. The van der Waals surface area contributed by atoms with Crippen molar-refractivity contribution in [3.05, 3.63) is 0 Å². The van der Waals surface area contributed by atoms with Crippen LogP contribution in [-0.2, 0) is 15.0 Å². The lowest BCUT2D eigenvalue weighted by Gasteiger charge is -2.33. The predicted molar refractivity (Wildman–Crippen MR) is 80.1 cm³/mol. The molecule has 1 saturated heterocycles. The van der Waals surface area contributed by atoms with E-state index in [0.717, 1.165) is 49.3 Å². The van der Waals surface area contributed by atoms with Gasteiger partial charge in [-0.1, -0.05) is 19.8 Å². The minimum Gasteiger partial charge on any atom is -0.480 e. The second-order valence-corrected chi connectivity index (χ2v) is 8.05. The number of nitrogens with one attached hydrogen (secondary N) is 1. The molecule has 122 valence electrons. The largest absolute Gasteiger partial charge is 0.480 e. The molecule has 2 N–H and O–H groups in total. The van der Waals surface area contributed by atoms with E-state index in [-0.39, 0.29) is 6.04 Å². The summed E-state index contributed by atoms with van der Waals surface area (Å²) in [5.41, 5.74) is 0. The fourth-order valence-corrected chi connectivity index (χ4v) is 5.02. The van der Waals surface area contributed by atoms with Crippen LogP contribution < -0.4 is 4.72 Å². The van der Waals surface area contributed by atoms with Gasteiger partial charge in [0, 0.05) is 12.6 Å². The molecule has 7 heteroatoms. The molecule has 2 aliphatic rings. The summed E-state index contributed by atoms with van der Waals surface area (Å²) in [6, 6.07) is -0.975. The minimum atomic E-state index is -3.71. The smallest absolute Gasteiger partial charge is 0.322 e. The molecule has 0 bridgehead atoms. The number of rotatable bonds is 4. The lowest BCUT2D eigenvalue weighted by Crippen LogP contribution is -2.54. The molecule has 21 heavy (non-hydrogen) atoms. The van der Waals surface area contributed by atoms with Gasteiger partial charge in [0.1, 0.15) is 6.04 Å². The van der Waals surface area contributed by atoms with Gasteiger partial charge < -0.3 is 5.11 Å². The van der Waals surface area contributed by atoms with Crippen LogP contribution in [0.15, 0.2) is 0 Å². The van der Waals surface area contributed by atoms with E-state index in [9.17, 15) is 18.3 Å². The van der Waals surface area contributed by atoms with E-state index in [4.69, 9.17) is 0 Å². The summed E-state index contributed by atoms with van der Waals surface area (Å²) in [4.78, 5) is 11.3. The molecule has 2 rings (SSSR count). The first kappa shape index (κ1) is 16.7. The van der Waals surface area contributed by atoms with Crippen LogP contribution in [0.25, 0.3) is 0 Å². The number of carboxylic acids is 1. The van der Waals surface area contributed by atoms with Crippen LogP contribution in [0.2, 0.25) is 0 Å². The van der Waals surface area contributed by atoms with Gasteiger partial charge in [-0.15, -0.1) is 0 Å². The van der Waals surface area contributed by atoms with E-state index in [2.05, 4.69) is 11.6 Å². The van der Waals surface area contributed by atoms with E-state index < -0.39 is 22.2 Å². The highest BCUT2D eigenvalue weighted by Gasteiger charge is 2.37. The topological polar surface area (TPSA) is 86.7 Å². The maximum absolute atomic E-state index is 12.5. The fraction of sp³-hybridized carbons (Fsp3) is 0.929. The van der Waals surface area contributed by atoms with Crippen LogP contribution in [-0.4, -0.2) is 42.4 Å². The van der Waals surface area contributed by atoms with E-state index in [1.165, 1.54) is 0 Å². The lowest BCUT2D eigenvalue weighted by atomic mass is 10.0. The van der Waals surface area contributed by atoms with Crippen molar-refractivity contribution >= 4 is 16.2 Å². The van der Waals surface area contributed by atoms with Crippen molar-refractivity contribution < 1.29 is 18.3 Å². The normalized spacial score (nSPS) is 32.5. The monoisotopic (exact) mass is 318 g/mol. The molecular weight excluding hydrogens is 292 g/mol. The Balaban J connectivity index is 2.04. The number of carbonyl (C=O) groups is 1. The Bertz CT molecular complexity index is 466. The number of carboxylic acid groups (broad SMARTS) is 1. The van der Waals surface area contributed by atoms with Crippen LogP contribution in [0, 0.1) is 5.92 Å². The van der Waals surface area contributed by atoms with E-state index >= 15 is 0 Å². The third-order valence-electron chi connectivity index (χ3n) is 4.62. The molecule has 1 saturated carbocycles. The maximum Gasteiger partial charge on any atom is 0.322 e. The SMILES string of the molecule is CC1CCCC(NS(=O)(=O)N2CCCCC2C(=O)O)CC1. The standard InChI is InChI=1S/C14H26N2O4S/c1-11-5-4-6-12(9-8-11)15-21(19,20)16-10-3-2-7-13(16)14(17)18/h11-13,15H,2-10H2,1H3,(H,17,18). The third-order valence-corrected chi connectivity index (χ3v) is 6.31. The van der Waals surface area contributed by atoms with Crippen molar-refractivity contribution in [2.45, 2.75) is 70.4 Å². The van der Waals surface area contributed by atoms with Crippen molar-refractivity contribution in [3.8, 4) is 0 Å². The Morgan fingerprint density at radius 3 is 2.57 bits per heavy atom. The molecule has 0 radical (unpaired) electrons. The van der Waals surface area contributed by atoms with Crippen LogP contribution in [0.5, 0.6) is 0 Å². The first-order valence-corrected chi connectivity index (χ1v) is 9.36. The molecule has 0 aromatic heterocycles. The van der Waals surface area contributed by atoms with Crippen molar-refractivity contribution in [3.63, 3.8) is 0 Å². The molecular formula is C14H26N2O4S. The highest BCUT2D eigenvalue weighted by Crippen LogP contribution is 2.25. The number of nitrogens with zero attached hydrogens (tertiary/aromatic N) is 1. The van der Waals surface area contributed by atoms with Gasteiger partial charge in [-0.3, -0.25) is 4.79 Å². The van der Waals surface area contributed by atoms with Gasteiger partial charge in [0.2, 0.25) is 0 Å². The first-order valence-electron chi connectivity index (χ1n) is 7.92. The molecule has 0 amide bonds. The summed E-state index contributed by atoms with van der Waals surface area (Å²) in [5, 5.41) is 9.22. The molecule has 1 heterocycles. The molecule has 6 nitrogen and oxygen atoms in total. The van der Waals surface area contributed by atoms with Crippen molar-refractivity contribution in [2.75, 3.05) is 6.54 Å². The van der Waals surface area contributed by atoms with Crippen LogP contribution in [0.1, 0.15) is 58.3 Å². The summed E-state index contributed by atoms with van der Waals surface area (Å²) in [7, 11) is -3.71. The number of hydrogen-bond donors (Lipinski definition) is 2. The van der Waals surface area contributed by atoms with E-state index in [0.29, 0.717) is 18.9 Å². The van der Waals surface area contributed by atoms with Crippen LogP contribution in [0.3, 0.4) is 0 Å². The number of hydrogen-bond acceptors (Lipinski definition) is 3. The third kappa shape index (κ3) is 4.40. The van der Waals surface area contributed by atoms with Gasteiger partial charge in [-0.05, 0) is 44.4 Å². The Labute approximate surface area is 127 Å². The van der Waals surface area contributed by atoms with Crippen molar-refractivity contribution in [2.24, 2.45) is 5.92 Å². The molecule has 0 spiro atoms. The first-order chi connectivity index (χ1) is 9.90. The summed E-state index contributed by atoms with van der Waals surface area (Å²) >= 11 is 0. The van der Waals surface area contributed by atoms with Gasteiger partial charge in [0.15, 0.2) is 0 Å². The zero-order chi connectivity index (χ0) is 15.5. The number of aliphatic carboxylic acids is 1. The summed E-state index contributed by atoms with van der Waals surface area (Å²) in [5.74, 6) is -0.407. The molecule has 1 aliphatic heterocycles. The van der Waals surface area contributed by atoms with E-state index in [1.807, 2.05) is 0 Å². The van der Waals surface area contributed by atoms with Gasteiger partial charge in [0.05, 0.1) is 0 Å². The lowest BCUT2D eigenvalue weighted by molar-refractivity contribution is -0.142. The van der Waals surface area contributed by atoms with E-state index in [1.54, 1.807) is 0 Å². The quantitative estimate of drug-likeness (QED) is 0.773. The Morgan fingerprint density at radius 1 is 1.10 bits per heavy atom.